The van der Waals surface area contributed by atoms with E-state index in [1.54, 1.807) is 23.5 Å². The Labute approximate surface area is 177 Å². The molecule has 0 unspecified atom stereocenters. The van der Waals surface area contributed by atoms with E-state index in [9.17, 15) is 9.18 Å². The molecule has 0 atom stereocenters. The van der Waals surface area contributed by atoms with Crippen molar-refractivity contribution in [1.29, 1.82) is 0 Å². The summed E-state index contributed by atoms with van der Waals surface area (Å²) in [6.45, 7) is 0.613. The Morgan fingerprint density at radius 3 is 2.87 bits per heavy atom. The SMILES string of the molecule is NCc1cc(OCc2cccc(C(=O)CCc3cc4cc(F)ccc4s3)c2)ncn1. The number of nitrogens with zero attached hydrogens (tertiary/aromatic N) is 2. The zero-order chi connectivity index (χ0) is 20.9. The lowest BCUT2D eigenvalue weighted by Gasteiger charge is -2.07. The number of fused-ring (bicyclic) bond motifs is 1. The molecule has 5 nitrogen and oxygen atoms in total. The quantitative estimate of drug-likeness (QED) is 0.418. The van der Waals surface area contributed by atoms with Gasteiger partial charge in [-0.2, -0.15) is 0 Å². The molecule has 0 spiro atoms. The number of Topliss-reactive ketones (excluding diaryl/α,β-unsaturated/α-hetero) is 1. The van der Waals surface area contributed by atoms with Gasteiger partial charge in [-0.05, 0) is 47.7 Å². The first kappa shape index (κ1) is 20.1. The number of benzene rings is 2. The van der Waals surface area contributed by atoms with Gasteiger partial charge in [0.05, 0.1) is 5.69 Å². The maximum absolute atomic E-state index is 13.4. The van der Waals surface area contributed by atoms with Gasteiger partial charge in [-0.1, -0.05) is 18.2 Å². The van der Waals surface area contributed by atoms with Crippen molar-refractivity contribution in [2.45, 2.75) is 26.0 Å². The van der Waals surface area contributed by atoms with Crippen LogP contribution < -0.4 is 10.5 Å². The number of halogens is 1. The van der Waals surface area contributed by atoms with Crippen molar-refractivity contribution in [3.63, 3.8) is 0 Å². The van der Waals surface area contributed by atoms with Crippen molar-refractivity contribution in [2.75, 3.05) is 0 Å². The molecule has 152 valence electrons. The second-order valence-corrected chi connectivity index (χ2v) is 8.03. The Hall–Kier alpha value is -3.16. The number of carbonyl (C=O) groups excluding carboxylic acids is 1. The van der Waals surface area contributed by atoms with Crippen molar-refractivity contribution >= 4 is 27.2 Å². The van der Waals surface area contributed by atoms with Crippen molar-refractivity contribution < 1.29 is 13.9 Å². The number of aryl methyl sites for hydroxylation is 1. The lowest BCUT2D eigenvalue weighted by atomic mass is 10.0. The summed E-state index contributed by atoms with van der Waals surface area (Å²) in [5.74, 6) is 0.263. The zero-order valence-corrected chi connectivity index (χ0v) is 17.0. The van der Waals surface area contributed by atoms with Crippen LogP contribution in [0.4, 0.5) is 4.39 Å². The second-order valence-electron chi connectivity index (χ2n) is 6.86. The van der Waals surface area contributed by atoms with Gasteiger partial charge < -0.3 is 10.5 Å². The van der Waals surface area contributed by atoms with Gasteiger partial charge in [0.2, 0.25) is 5.88 Å². The van der Waals surface area contributed by atoms with Crippen molar-refractivity contribution in [1.82, 2.24) is 9.97 Å². The third kappa shape index (κ3) is 4.87. The summed E-state index contributed by atoms with van der Waals surface area (Å²) in [7, 11) is 0. The fourth-order valence-corrected chi connectivity index (χ4v) is 4.18. The summed E-state index contributed by atoms with van der Waals surface area (Å²) < 4.78 is 20.1. The molecule has 0 aliphatic heterocycles. The predicted octanol–water partition coefficient (Wildman–Crippen LogP) is 4.68. The Morgan fingerprint density at radius 1 is 1.10 bits per heavy atom. The number of rotatable bonds is 8. The van der Waals surface area contributed by atoms with E-state index in [1.807, 2.05) is 30.3 Å². The summed E-state index contributed by atoms with van der Waals surface area (Å²) in [6, 6.07) is 15.8. The van der Waals surface area contributed by atoms with Crippen LogP contribution in [-0.4, -0.2) is 15.8 Å². The molecule has 0 aliphatic rings. The van der Waals surface area contributed by atoms with Gasteiger partial charge in [-0.3, -0.25) is 4.79 Å². The standard InChI is InChI=1S/C23H20FN3O2S/c24-18-4-7-22-17(9-18)10-20(30-22)5-6-21(28)16-3-1-2-15(8-16)13-29-23-11-19(12-25)26-14-27-23/h1-4,7-11,14H,5-6,12-13,25H2. The highest BCUT2D eigenvalue weighted by atomic mass is 32.1. The van der Waals surface area contributed by atoms with Crippen LogP contribution >= 0.6 is 11.3 Å². The summed E-state index contributed by atoms with van der Waals surface area (Å²) in [5.41, 5.74) is 7.81. The minimum Gasteiger partial charge on any atom is -0.473 e. The first-order chi connectivity index (χ1) is 14.6. The van der Waals surface area contributed by atoms with Crippen LogP contribution in [0, 0.1) is 5.82 Å². The Balaban J connectivity index is 1.37. The average molecular weight is 421 g/mol. The first-order valence-electron chi connectivity index (χ1n) is 9.54. The van der Waals surface area contributed by atoms with Crippen molar-refractivity contribution in [2.24, 2.45) is 5.73 Å². The van der Waals surface area contributed by atoms with E-state index in [2.05, 4.69) is 9.97 Å². The average Bonchev–Trinajstić information content (AvgIpc) is 3.18. The maximum Gasteiger partial charge on any atom is 0.216 e. The first-order valence-corrected chi connectivity index (χ1v) is 10.4. The van der Waals surface area contributed by atoms with E-state index in [-0.39, 0.29) is 11.6 Å². The number of carbonyl (C=O) groups is 1. The smallest absolute Gasteiger partial charge is 0.216 e. The van der Waals surface area contributed by atoms with Gasteiger partial charge in [0.25, 0.3) is 0 Å². The summed E-state index contributed by atoms with van der Waals surface area (Å²) in [4.78, 5) is 21.8. The molecular formula is C23H20FN3O2S. The number of aromatic nitrogens is 2. The molecule has 2 heterocycles. The number of hydrogen-bond acceptors (Lipinski definition) is 6. The molecule has 0 saturated heterocycles. The molecule has 30 heavy (non-hydrogen) atoms. The molecule has 2 aromatic carbocycles. The van der Waals surface area contributed by atoms with E-state index in [0.717, 1.165) is 20.5 Å². The molecule has 0 fully saturated rings. The summed E-state index contributed by atoms with van der Waals surface area (Å²) >= 11 is 1.60. The van der Waals surface area contributed by atoms with Crippen LogP contribution in [0.5, 0.6) is 5.88 Å². The van der Waals surface area contributed by atoms with E-state index in [1.165, 1.54) is 18.5 Å². The Bertz CT molecular complexity index is 1190. The van der Waals surface area contributed by atoms with Gasteiger partial charge in [-0.25, -0.2) is 14.4 Å². The molecule has 0 saturated carbocycles. The highest BCUT2D eigenvalue weighted by molar-refractivity contribution is 7.19. The third-order valence-corrected chi connectivity index (χ3v) is 5.85. The molecule has 4 aromatic rings. The fourth-order valence-electron chi connectivity index (χ4n) is 3.13. The molecule has 2 N–H and O–H groups in total. The van der Waals surface area contributed by atoms with E-state index < -0.39 is 0 Å². The van der Waals surface area contributed by atoms with E-state index in [0.29, 0.717) is 43.1 Å². The van der Waals surface area contributed by atoms with Crippen LogP contribution in [-0.2, 0) is 19.6 Å². The molecule has 4 rings (SSSR count). The largest absolute Gasteiger partial charge is 0.473 e. The van der Waals surface area contributed by atoms with Gasteiger partial charge in [0.15, 0.2) is 5.78 Å². The van der Waals surface area contributed by atoms with Crippen molar-refractivity contribution in [3.05, 3.63) is 88.4 Å². The number of ether oxygens (including phenoxy) is 1. The van der Waals surface area contributed by atoms with Crippen LogP contribution in [0.1, 0.15) is 32.9 Å². The molecule has 2 aromatic heterocycles. The molecule has 0 bridgehead atoms. The highest BCUT2D eigenvalue weighted by Crippen LogP contribution is 2.27. The van der Waals surface area contributed by atoms with Crippen LogP contribution in [0.2, 0.25) is 0 Å². The summed E-state index contributed by atoms with van der Waals surface area (Å²) in [6.07, 6.45) is 2.44. The van der Waals surface area contributed by atoms with Gasteiger partial charge >= 0.3 is 0 Å². The number of hydrogen-bond donors (Lipinski definition) is 1. The van der Waals surface area contributed by atoms with Crippen LogP contribution in [0.25, 0.3) is 10.1 Å². The third-order valence-electron chi connectivity index (χ3n) is 4.67. The summed E-state index contributed by atoms with van der Waals surface area (Å²) in [5, 5.41) is 0.879. The Morgan fingerprint density at radius 2 is 2.00 bits per heavy atom. The number of nitrogens with two attached hydrogens (primary N) is 1. The molecule has 0 amide bonds. The lowest BCUT2D eigenvalue weighted by molar-refractivity contribution is 0.0983. The fraction of sp³-hybridized carbons (Fsp3) is 0.174. The number of ketones is 1. The van der Waals surface area contributed by atoms with Gasteiger partial charge in [0, 0.05) is 34.2 Å². The topological polar surface area (TPSA) is 78.1 Å². The maximum atomic E-state index is 13.4. The Kier molecular flexibility index (Phi) is 6.11. The lowest BCUT2D eigenvalue weighted by Crippen LogP contribution is -2.04. The monoisotopic (exact) mass is 421 g/mol. The van der Waals surface area contributed by atoms with Crippen LogP contribution in [0.15, 0.2) is 60.9 Å². The van der Waals surface area contributed by atoms with Crippen molar-refractivity contribution in [3.8, 4) is 5.88 Å². The number of thiophene rings is 1. The molecule has 0 aliphatic carbocycles. The van der Waals surface area contributed by atoms with E-state index in [4.69, 9.17) is 10.5 Å². The van der Waals surface area contributed by atoms with Crippen LogP contribution in [0.3, 0.4) is 0 Å². The highest BCUT2D eigenvalue weighted by Gasteiger charge is 2.10. The van der Waals surface area contributed by atoms with Gasteiger partial charge in [-0.15, -0.1) is 11.3 Å². The predicted molar refractivity (Wildman–Crippen MR) is 115 cm³/mol. The van der Waals surface area contributed by atoms with Gasteiger partial charge in [0.1, 0.15) is 18.8 Å². The molecule has 7 heteroatoms. The minimum atomic E-state index is -0.247. The zero-order valence-electron chi connectivity index (χ0n) is 16.2. The van der Waals surface area contributed by atoms with E-state index >= 15 is 0 Å². The molecular weight excluding hydrogens is 401 g/mol. The minimum absolute atomic E-state index is 0.0629. The second kappa shape index (κ2) is 9.11. The normalized spacial score (nSPS) is 11.0. The molecule has 0 radical (unpaired) electrons.